The van der Waals surface area contributed by atoms with Crippen molar-refractivity contribution in [1.29, 1.82) is 0 Å². The molecule has 1 unspecified atom stereocenters. The lowest BCUT2D eigenvalue weighted by atomic mass is 10.5. The normalized spacial score (nSPS) is 37.5. The highest BCUT2D eigenvalue weighted by Gasteiger charge is 2.59. The van der Waals surface area contributed by atoms with Crippen LogP contribution in [0.5, 0.6) is 0 Å². The second-order valence-corrected chi connectivity index (χ2v) is 1.45. The summed E-state index contributed by atoms with van der Waals surface area (Å²) in [4.78, 5) is 0. The molecule has 2 atom stereocenters. The summed E-state index contributed by atoms with van der Waals surface area (Å²) in [6.07, 6.45) is -8.78. The van der Waals surface area contributed by atoms with Gasteiger partial charge in [0.25, 0.3) is 0 Å². The Kier molecular flexibility index (Phi) is 0.974. The summed E-state index contributed by atoms with van der Waals surface area (Å²) in [5.41, 5.74) is 0. The Hall–Kier alpha value is -0.320. The number of hydrogen-bond acceptors (Lipinski definition) is 1. The third-order valence-corrected chi connectivity index (χ3v) is 0.761. The molecule has 0 spiro atoms. The highest BCUT2D eigenvalue weighted by molar-refractivity contribution is 4.82. The van der Waals surface area contributed by atoms with Gasteiger partial charge in [0.2, 0.25) is 12.5 Å². The number of rotatable bonds is 0. The maximum absolute atomic E-state index is 11.3. The van der Waals surface area contributed by atoms with E-state index in [1.54, 1.807) is 0 Å². The molecule has 8 heavy (non-hydrogen) atoms. The van der Waals surface area contributed by atoms with E-state index in [1.165, 1.54) is 0 Å². The first-order chi connectivity index (χ1) is 3.52. The quantitative estimate of drug-likeness (QED) is 0.355. The molecule has 0 aromatic carbocycles. The zero-order valence-electron chi connectivity index (χ0n) is 3.57. The minimum Gasteiger partial charge on any atom is -0.327 e. The van der Waals surface area contributed by atoms with Crippen LogP contribution in [0.1, 0.15) is 0 Å². The highest BCUT2D eigenvalue weighted by atomic mass is 19.4. The summed E-state index contributed by atoms with van der Waals surface area (Å²) in [5.74, 6) is 0. The Bertz CT molecular complexity index is 97.9. The molecule has 0 N–H and O–H groups in total. The van der Waals surface area contributed by atoms with Gasteiger partial charge in [-0.25, -0.2) is 4.39 Å². The van der Waals surface area contributed by atoms with E-state index < -0.39 is 18.6 Å². The predicted octanol–water partition coefficient (Wildman–Crippen LogP) is 1.24. The van der Waals surface area contributed by atoms with E-state index in [0.717, 1.165) is 0 Å². The van der Waals surface area contributed by atoms with Gasteiger partial charge in [0.1, 0.15) is 0 Å². The van der Waals surface area contributed by atoms with E-state index in [-0.39, 0.29) is 0 Å². The number of hydrogen-bond donors (Lipinski definition) is 0. The second-order valence-electron chi connectivity index (χ2n) is 1.45. The van der Waals surface area contributed by atoms with Crippen LogP contribution < -0.4 is 0 Å². The first-order valence-corrected chi connectivity index (χ1v) is 1.88. The fourth-order valence-corrected chi connectivity index (χ4v) is 0.320. The molecule has 0 aromatic rings. The molecule has 0 aliphatic carbocycles. The maximum atomic E-state index is 11.3. The average molecular weight is 130 g/mol. The van der Waals surface area contributed by atoms with Crippen LogP contribution in [0.4, 0.5) is 17.6 Å². The molecule has 5 heteroatoms. The van der Waals surface area contributed by atoms with Gasteiger partial charge in [0.05, 0.1) is 0 Å². The SMILES string of the molecule is FC1O[C@@H]1C(F)(F)F. The van der Waals surface area contributed by atoms with E-state index in [1.807, 2.05) is 0 Å². The van der Waals surface area contributed by atoms with Crippen molar-refractivity contribution < 1.29 is 22.3 Å². The molecular weight excluding hydrogens is 128 g/mol. The first kappa shape index (κ1) is 5.81. The van der Waals surface area contributed by atoms with Gasteiger partial charge >= 0.3 is 6.18 Å². The lowest BCUT2D eigenvalue weighted by molar-refractivity contribution is -0.146. The number of alkyl halides is 4. The largest absolute Gasteiger partial charge is 0.420 e. The van der Waals surface area contributed by atoms with Crippen molar-refractivity contribution in [2.45, 2.75) is 18.6 Å². The Labute approximate surface area is 42.2 Å². The number of halogens is 4. The van der Waals surface area contributed by atoms with Gasteiger partial charge in [-0.3, -0.25) is 0 Å². The summed E-state index contributed by atoms with van der Waals surface area (Å²) >= 11 is 0. The Morgan fingerprint density at radius 3 is 1.62 bits per heavy atom. The molecule has 1 nitrogen and oxygen atoms in total. The molecule has 1 fully saturated rings. The Balaban J connectivity index is 2.39. The van der Waals surface area contributed by atoms with Crippen LogP contribution in [0.15, 0.2) is 0 Å². The van der Waals surface area contributed by atoms with Crippen molar-refractivity contribution in [3.63, 3.8) is 0 Å². The lowest BCUT2D eigenvalue weighted by Gasteiger charge is -1.96. The van der Waals surface area contributed by atoms with E-state index in [4.69, 9.17) is 0 Å². The molecule has 1 aliphatic rings. The van der Waals surface area contributed by atoms with Crippen molar-refractivity contribution in [1.82, 2.24) is 0 Å². The predicted molar refractivity (Wildman–Crippen MR) is 15.8 cm³/mol. The summed E-state index contributed by atoms with van der Waals surface area (Å²) in [6.45, 7) is 0. The lowest BCUT2D eigenvalue weighted by Crippen LogP contribution is -2.17. The van der Waals surface area contributed by atoms with E-state index in [0.29, 0.717) is 0 Å². The van der Waals surface area contributed by atoms with Crippen LogP contribution in [0.25, 0.3) is 0 Å². The van der Waals surface area contributed by atoms with Crippen molar-refractivity contribution in [3.8, 4) is 0 Å². The van der Waals surface area contributed by atoms with Gasteiger partial charge in [0.15, 0.2) is 0 Å². The summed E-state index contributed by atoms with van der Waals surface area (Å²) in [6, 6.07) is 0. The van der Waals surface area contributed by atoms with Crippen molar-refractivity contribution in [3.05, 3.63) is 0 Å². The average Bonchev–Trinajstić information content (AvgIpc) is 2.13. The molecule has 0 saturated carbocycles. The van der Waals surface area contributed by atoms with Crippen LogP contribution in [0.2, 0.25) is 0 Å². The maximum Gasteiger partial charge on any atom is 0.420 e. The molecular formula is C3H2F4O. The van der Waals surface area contributed by atoms with Crippen molar-refractivity contribution >= 4 is 0 Å². The minimum absolute atomic E-state index is 2.12. The molecule has 1 saturated heterocycles. The zero-order valence-corrected chi connectivity index (χ0v) is 3.57. The van der Waals surface area contributed by atoms with E-state index in [9.17, 15) is 17.6 Å². The van der Waals surface area contributed by atoms with Crippen LogP contribution in [0.3, 0.4) is 0 Å². The monoisotopic (exact) mass is 130 g/mol. The van der Waals surface area contributed by atoms with Crippen molar-refractivity contribution in [2.24, 2.45) is 0 Å². The van der Waals surface area contributed by atoms with Crippen LogP contribution in [0, 0.1) is 0 Å². The van der Waals surface area contributed by atoms with Gasteiger partial charge in [-0.2, -0.15) is 13.2 Å². The topological polar surface area (TPSA) is 12.5 Å². The zero-order chi connectivity index (χ0) is 6.36. The minimum atomic E-state index is -4.51. The first-order valence-electron chi connectivity index (χ1n) is 1.88. The van der Waals surface area contributed by atoms with Crippen LogP contribution in [-0.2, 0) is 4.74 Å². The summed E-state index contributed by atoms with van der Waals surface area (Å²) < 4.78 is 48.2. The fraction of sp³-hybridized carbons (Fsp3) is 1.00. The Morgan fingerprint density at radius 1 is 1.25 bits per heavy atom. The summed E-state index contributed by atoms with van der Waals surface area (Å²) in [5, 5.41) is 0. The van der Waals surface area contributed by atoms with Crippen LogP contribution >= 0.6 is 0 Å². The van der Waals surface area contributed by atoms with Gasteiger partial charge in [-0.1, -0.05) is 0 Å². The molecule has 0 radical (unpaired) electrons. The molecule has 0 aromatic heterocycles. The fourth-order valence-electron chi connectivity index (χ4n) is 0.320. The Morgan fingerprint density at radius 2 is 1.62 bits per heavy atom. The van der Waals surface area contributed by atoms with Crippen LogP contribution in [-0.4, -0.2) is 18.6 Å². The molecule has 1 aliphatic heterocycles. The highest BCUT2D eigenvalue weighted by Crippen LogP contribution is 2.37. The van der Waals surface area contributed by atoms with Gasteiger partial charge in [0, 0.05) is 0 Å². The third-order valence-electron chi connectivity index (χ3n) is 0.761. The molecule has 0 bridgehead atoms. The van der Waals surface area contributed by atoms with Gasteiger partial charge in [-0.15, -0.1) is 0 Å². The molecule has 1 rings (SSSR count). The van der Waals surface area contributed by atoms with E-state index in [2.05, 4.69) is 4.74 Å². The molecule has 1 heterocycles. The number of epoxide rings is 1. The smallest absolute Gasteiger partial charge is 0.327 e. The molecule has 48 valence electrons. The standard InChI is InChI=1S/C3H2F4O/c4-2-1(8-2)3(5,6)7/h1-2H/t1-,2?/m0/s1. The van der Waals surface area contributed by atoms with E-state index >= 15 is 0 Å². The van der Waals surface area contributed by atoms with Gasteiger partial charge < -0.3 is 4.74 Å². The van der Waals surface area contributed by atoms with Crippen molar-refractivity contribution in [2.75, 3.05) is 0 Å². The summed E-state index contributed by atoms with van der Waals surface area (Å²) in [7, 11) is 0. The molecule has 0 amide bonds. The third kappa shape index (κ3) is 0.912. The second kappa shape index (κ2) is 1.34. The number of ether oxygens (including phenoxy) is 1. The van der Waals surface area contributed by atoms with Gasteiger partial charge in [-0.05, 0) is 0 Å².